The number of likely N-dealkylation sites (tertiary alicyclic amines) is 1. The Morgan fingerprint density at radius 2 is 2.03 bits per heavy atom. The lowest BCUT2D eigenvalue weighted by Gasteiger charge is -2.19. The van der Waals surface area contributed by atoms with Crippen molar-refractivity contribution >= 4 is 11.8 Å². The molecule has 2 heterocycles. The van der Waals surface area contributed by atoms with Crippen molar-refractivity contribution in [1.29, 1.82) is 0 Å². The number of benzene rings is 1. The highest BCUT2D eigenvalue weighted by atomic mass is 16.5. The van der Waals surface area contributed by atoms with E-state index in [1.54, 1.807) is 7.11 Å². The molecule has 1 aromatic heterocycles. The van der Waals surface area contributed by atoms with Gasteiger partial charge in [0.1, 0.15) is 5.82 Å². The van der Waals surface area contributed by atoms with Crippen molar-refractivity contribution in [3.63, 3.8) is 0 Å². The summed E-state index contributed by atoms with van der Waals surface area (Å²) < 4.78 is 11.7. The molecule has 0 bridgehead atoms. The fraction of sp³-hybridized carbons (Fsp3) is 0.545. The average molecular weight is 398 g/mol. The fourth-order valence-electron chi connectivity index (χ4n) is 4.54. The van der Waals surface area contributed by atoms with Gasteiger partial charge in [-0.3, -0.25) is 0 Å². The summed E-state index contributed by atoms with van der Waals surface area (Å²) >= 11 is 0. The quantitative estimate of drug-likeness (QED) is 0.662. The smallest absolute Gasteiger partial charge is 0.222 e. The Balaban J connectivity index is 1.50. The molecule has 156 valence electrons. The molecule has 0 radical (unpaired) electrons. The van der Waals surface area contributed by atoms with Gasteiger partial charge in [-0.25, -0.2) is 4.98 Å². The molecule has 7 heteroatoms. The predicted molar refractivity (Wildman–Crippen MR) is 115 cm³/mol. The number of ether oxygens (including phenoxy) is 2. The fourth-order valence-corrected chi connectivity index (χ4v) is 4.54. The first-order chi connectivity index (χ1) is 14.2. The minimum absolute atomic E-state index is 0.228. The largest absolute Gasteiger partial charge is 0.493 e. The summed E-state index contributed by atoms with van der Waals surface area (Å²) in [5.41, 5.74) is 9.25. The predicted octanol–water partition coefficient (Wildman–Crippen LogP) is 3.05. The van der Waals surface area contributed by atoms with E-state index >= 15 is 0 Å². The van der Waals surface area contributed by atoms with Crippen LogP contribution >= 0.6 is 0 Å². The molecule has 0 spiro atoms. The number of hydrogen-bond acceptors (Lipinski definition) is 7. The van der Waals surface area contributed by atoms with Gasteiger partial charge in [0, 0.05) is 25.1 Å². The molecule has 1 unspecified atom stereocenters. The zero-order valence-corrected chi connectivity index (χ0v) is 17.4. The molecule has 29 heavy (non-hydrogen) atoms. The van der Waals surface area contributed by atoms with Gasteiger partial charge < -0.3 is 25.4 Å². The Labute approximate surface area is 172 Å². The molecule has 2 aromatic rings. The van der Waals surface area contributed by atoms with Crippen LogP contribution in [0.25, 0.3) is 0 Å². The Bertz CT molecular complexity index is 851. The van der Waals surface area contributed by atoms with E-state index in [-0.39, 0.29) is 5.92 Å². The van der Waals surface area contributed by atoms with E-state index in [0.29, 0.717) is 12.6 Å². The molecular formula is C22H31N5O2. The van der Waals surface area contributed by atoms with Crippen LogP contribution in [-0.4, -0.2) is 55.3 Å². The molecule has 0 saturated carbocycles. The Morgan fingerprint density at radius 1 is 1.21 bits per heavy atom. The zero-order valence-electron chi connectivity index (χ0n) is 17.4. The minimum atomic E-state index is 0.228. The molecule has 1 aromatic carbocycles. The lowest BCUT2D eigenvalue weighted by molar-refractivity contribution is 0.254. The number of aryl methyl sites for hydroxylation is 1. The van der Waals surface area contributed by atoms with Crippen molar-refractivity contribution in [1.82, 2.24) is 14.9 Å². The molecule has 1 aliphatic carbocycles. The van der Waals surface area contributed by atoms with Gasteiger partial charge in [-0.1, -0.05) is 6.07 Å². The van der Waals surface area contributed by atoms with Crippen molar-refractivity contribution < 1.29 is 9.47 Å². The number of nitrogens with two attached hydrogens (primary N) is 1. The highest BCUT2D eigenvalue weighted by molar-refractivity contribution is 5.57. The molecule has 7 nitrogen and oxygen atoms in total. The summed E-state index contributed by atoms with van der Waals surface area (Å²) in [6, 6.07) is 6.23. The van der Waals surface area contributed by atoms with Gasteiger partial charge in [-0.05, 0) is 62.9 Å². The number of fused-ring (bicyclic) bond motifs is 1. The monoisotopic (exact) mass is 397 g/mol. The average Bonchev–Trinajstić information content (AvgIpc) is 3.40. The second-order valence-electron chi connectivity index (χ2n) is 7.79. The maximum atomic E-state index is 6.13. The summed E-state index contributed by atoms with van der Waals surface area (Å²) in [6.07, 6.45) is 5.56. The first kappa shape index (κ1) is 19.8. The van der Waals surface area contributed by atoms with Gasteiger partial charge >= 0.3 is 0 Å². The van der Waals surface area contributed by atoms with Crippen LogP contribution in [0, 0.1) is 0 Å². The van der Waals surface area contributed by atoms with Crippen molar-refractivity contribution in [3.8, 4) is 11.5 Å². The van der Waals surface area contributed by atoms with Crippen LogP contribution in [0.4, 0.5) is 11.8 Å². The summed E-state index contributed by atoms with van der Waals surface area (Å²) in [6.45, 7) is 4.24. The molecule has 3 N–H and O–H groups in total. The Morgan fingerprint density at radius 3 is 2.79 bits per heavy atom. The summed E-state index contributed by atoms with van der Waals surface area (Å²) in [7, 11) is 3.56. The van der Waals surface area contributed by atoms with Crippen molar-refractivity contribution in [2.75, 3.05) is 51.4 Å². The SMILES string of the molecule is CNc1nc(N)nc2c1C(c1ccc(OC)c(OCCCN3CCCC3)c1)CC2. The van der Waals surface area contributed by atoms with Crippen LogP contribution in [0.5, 0.6) is 11.5 Å². The van der Waals surface area contributed by atoms with Gasteiger partial charge in [0.2, 0.25) is 5.95 Å². The summed E-state index contributed by atoms with van der Waals surface area (Å²) in [5, 5.41) is 3.18. The highest BCUT2D eigenvalue weighted by Gasteiger charge is 2.30. The number of rotatable bonds is 8. The van der Waals surface area contributed by atoms with E-state index < -0.39 is 0 Å². The van der Waals surface area contributed by atoms with Crippen molar-refractivity contribution in [2.45, 2.75) is 38.0 Å². The Kier molecular flexibility index (Phi) is 6.04. The first-order valence-corrected chi connectivity index (χ1v) is 10.6. The number of anilines is 2. The van der Waals surface area contributed by atoms with Crippen molar-refractivity contribution in [3.05, 3.63) is 35.0 Å². The highest BCUT2D eigenvalue weighted by Crippen LogP contribution is 2.43. The topological polar surface area (TPSA) is 85.5 Å². The summed E-state index contributed by atoms with van der Waals surface area (Å²) in [5.74, 6) is 2.95. The van der Waals surface area contributed by atoms with Crippen LogP contribution in [0.15, 0.2) is 18.2 Å². The van der Waals surface area contributed by atoms with Gasteiger partial charge in [-0.2, -0.15) is 4.98 Å². The molecule has 2 aliphatic rings. The third kappa shape index (κ3) is 4.24. The van der Waals surface area contributed by atoms with Crippen LogP contribution in [0.2, 0.25) is 0 Å². The Hall–Kier alpha value is -2.54. The van der Waals surface area contributed by atoms with E-state index in [1.807, 2.05) is 13.1 Å². The third-order valence-corrected chi connectivity index (χ3v) is 5.96. The molecular weight excluding hydrogens is 366 g/mol. The molecule has 1 fully saturated rings. The maximum Gasteiger partial charge on any atom is 0.222 e. The van der Waals surface area contributed by atoms with Gasteiger partial charge in [-0.15, -0.1) is 0 Å². The number of hydrogen-bond donors (Lipinski definition) is 2. The lowest BCUT2D eigenvalue weighted by Crippen LogP contribution is -2.22. The number of nitrogens with zero attached hydrogens (tertiary/aromatic N) is 3. The number of aromatic nitrogens is 2. The molecule has 1 saturated heterocycles. The molecule has 4 rings (SSSR count). The first-order valence-electron chi connectivity index (χ1n) is 10.6. The van der Waals surface area contributed by atoms with Crippen LogP contribution in [0.1, 0.15) is 48.4 Å². The van der Waals surface area contributed by atoms with Crippen LogP contribution in [-0.2, 0) is 6.42 Å². The molecule has 1 atom stereocenters. The lowest BCUT2D eigenvalue weighted by atomic mass is 9.93. The summed E-state index contributed by atoms with van der Waals surface area (Å²) in [4.78, 5) is 11.4. The number of methoxy groups -OCH3 is 1. The van der Waals surface area contributed by atoms with E-state index in [2.05, 4.69) is 32.3 Å². The van der Waals surface area contributed by atoms with Crippen molar-refractivity contribution in [2.24, 2.45) is 0 Å². The van der Waals surface area contributed by atoms with Crippen LogP contribution in [0.3, 0.4) is 0 Å². The zero-order chi connectivity index (χ0) is 20.2. The van der Waals surface area contributed by atoms with Gasteiger partial charge in [0.05, 0.1) is 19.4 Å². The van der Waals surface area contributed by atoms with E-state index in [0.717, 1.165) is 54.4 Å². The number of nitrogens with one attached hydrogen (secondary N) is 1. The maximum absolute atomic E-state index is 6.13. The standard InChI is InChI=1S/C22H31N5O2/c1-24-21-20-16(7-8-17(20)25-22(23)26-21)15-6-9-18(28-2)19(14-15)29-13-5-12-27-10-3-4-11-27/h6,9,14,16H,3-5,7-8,10-13H2,1-2H3,(H3,23,24,25,26). The van der Waals surface area contributed by atoms with Crippen LogP contribution < -0.4 is 20.5 Å². The van der Waals surface area contributed by atoms with E-state index in [4.69, 9.17) is 15.2 Å². The van der Waals surface area contributed by atoms with E-state index in [1.165, 1.54) is 31.5 Å². The number of nitrogen functional groups attached to an aromatic ring is 1. The van der Waals surface area contributed by atoms with E-state index in [9.17, 15) is 0 Å². The van der Waals surface area contributed by atoms with Gasteiger partial charge in [0.15, 0.2) is 11.5 Å². The third-order valence-electron chi connectivity index (χ3n) is 5.96. The minimum Gasteiger partial charge on any atom is -0.493 e. The molecule has 0 amide bonds. The van der Waals surface area contributed by atoms with Gasteiger partial charge in [0.25, 0.3) is 0 Å². The second kappa shape index (κ2) is 8.86. The normalized spacial score (nSPS) is 18.6. The molecule has 1 aliphatic heterocycles. The second-order valence-corrected chi connectivity index (χ2v) is 7.79.